The van der Waals surface area contributed by atoms with Crippen LogP contribution in [-0.2, 0) is 4.79 Å². The van der Waals surface area contributed by atoms with Crippen LogP contribution in [0, 0.1) is 5.82 Å². The number of hydrogen-bond acceptors (Lipinski definition) is 6. The molecule has 0 saturated carbocycles. The SMILES string of the molecule is O=C(O)c1ccc(-c2noc([C@H]3CCCCN3C(=O)COc3ccccc3)n2)cc1F. The number of likely N-dealkylation sites (tertiary alicyclic amines) is 1. The fourth-order valence-corrected chi connectivity index (χ4v) is 3.55. The molecule has 0 spiro atoms. The maximum Gasteiger partial charge on any atom is 0.338 e. The zero-order valence-electron chi connectivity index (χ0n) is 16.5. The van der Waals surface area contributed by atoms with Crippen LogP contribution in [0.5, 0.6) is 5.75 Å². The van der Waals surface area contributed by atoms with Crippen LogP contribution in [0.1, 0.15) is 41.6 Å². The number of rotatable bonds is 6. The zero-order chi connectivity index (χ0) is 21.8. The average molecular weight is 425 g/mol. The van der Waals surface area contributed by atoms with Gasteiger partial charge < -0.3 is 19.3 Å². The van der Waals surface area contributed by atoms with Crippen LogP contribution in [-0.4, -0.2) is 45.2 Å². The minimum atomic E-state index is -1.35. The van der Waals surface area contributed by atoms with E-state index in [0.29, 0.717) is 24.3 Å². The summed E-state index contributed by atoms with van der Waals surface area (Å²) < 4.78 is 25.0. The highest BCUT2D eigenvalue weighted by Gasteiger charge is 2.32. The first-order chi connectivity index (χ1) is 15.0. The summed E-state index contributed by atoms with van der Waals surface area (Å²) in [5.74, 6) is -1.44. The van der Waals surface area contributed by atoms with E-state index in [1.54, 1.807) is 17.0 Å². The molecule has 1 saturated heterocycles. The molecule has 1 N–H and O–H groups in total. The Morgan fingerprint density at radius 1 is 1.19 bits per heavy atom. The van der Waals surface area contributed by atoms with Crippen molar-refractivity contribution in [2.45, 2.75) is 25.3 Å². The normalized spacial score (nSPS) is 16.2. The number of carbonyl (C=O) groups excluding carboxylic acids is 1. The number of ether oxygens (including phenoxy) is 1. The Hall–Kier alpha value is -3.75. The van der Waals surface area contributed by atoms with Gasteiger partial charge in [0.25, 0.3) is 5.91 Å². The Morgan fingerprint density at radius 2 is 2.00 bits per heavy atom. The average Bonchev–Trinajstić information content (AvgIpc) is 3.28. The second-order valence-corrected chi connectivity index (χ2v) is 7.16. The van der Waals surface area contributed by atoms with Crippen molar-refractivity contribution in [1.82, 2.24) is 15.0 Å². The van der Waals surface area contributed by atoms with E-state index in [0.717, 1.165) is 25.0 Å². The zero-order valence-corrected chi connectivity index (χ0v) is 16.5. The Balaban J connectivity index is 1.50. The molecule has 31 heavy (non-hydrogen) atoms. The second-order valence-electron chi connectivity index (χ2n) is 7.16. The van der Waals surface area contributed by atoms with E-state index >= 15 is 0 Å². The highest BCUT2D eigenvalue weighted by atomic mass is 19.1. The van der Waals surface area contributed by atoms with Gasteiger partial charge in [-0.05, 0) is 49.6 Å². The minimum absolute atomic E-state index is 0.108. The number of hydrogen-bond donors (Lipinski definition) is 1. The van der Waals surface area contributed by atoms with Crippen molar-refractivity contribution >= 4 is 11.9 Å². The number of halogens is 1. The molecule has 9 heteroatoms. The highest BCUT2D eigenvalue weighted by Crippen LogP contribution is 2.31. The molecule has 2 heterocycles. The standard InChI is InChI=1S/C22H20FN3O5/c23-17-12-14(9-10-16(17)22(28)29)20-24-21(31-25-20)18-8-4-5-11-26(18)19(27)13-30-15-6-2-1-3-7-15/h1-3,6-7,9-10,12,18H,4-5,8,11,13H2,(H,28,29)/t18-/m1/s1. The largest absolute Gasteiger partial charge is 0.484 e. The van der Waals surface area contributed by atoms with E-state index in [2.05, 4.69) is 10.1 Å². The minimum Gasteiger partial charge on any atom is -0.484 e. The lowest BCUT2D eigenvalue weighted by Gasteiger charge is -2.33. The first-order valence-electron chi connectivity index (χ1n) is 9.87. The quantitative estimate of drug-likeness (QED) is 0.642. The smallest absolute Gasteiger partial charge is 0.338 e. The van der Waals surface area contributed by atoms with E-state index in [9.17, 15) is 14.0 Å². The van der Waals surface area contributed by atoms with E-state index in [-0.39, 0.29) is 24.2 Å². The van der Waals surface area contributed by atoms with Gasteiger partial charge in [-0.15, -0.1) is 0 Å². The van der Waals surface area contributed by atoms with E-state index in [1.807, 2.05) is 18.2 Å². The number of aromatic carboxylic acids is 1. The molecule has 2 aromatic carbocycles. The topological polar surface area (TPSA) is 106 Å². The number of aromatic nitrogens is 2. The van der Waals surface area contributed by atoms with Crippen LogP contribution < -0.4 is 4.74 Å². The van der Waals surface area contributed by atoms with Crippen LogP contribution in [0.25, 0.3) is 11.4 Å². The van der Waals surface area contributed by atoms with Crippen LogP contribution >= 0.6 is 0 Å². The molecule has 160 valence electrons. The predicted octanol–water partition coefficient (Wildman–Crippen LogP) is 3.71. The molecule has 3 aromatic rings. The summed E-state index contributed by atoms with van der Waals surface area (Å²) in [6, 6.07) is 12.3. The first kappa shape index (κ1) is 20.5. The maximum atomic E-state index is 14.0. The van der Waals surface area contributed by atoms with Gasteiger partial charge in [-0.2, -0.15) is 4.98 Å². The molecule has 8 nitrogen and oxygen atoms in total. The molecule has 4 rings (SSSR count). The third-order valence-corrected chi connectivity index (χ3v) is 5.11. The van der Waals surface area contributed by atoms with Gasteiger partial charge in [0.15, 0.2) is 6.61 Å². The van der Waals surface area contributed by atoms with Crippen molar-refractivity contribution in [3.63, 3.8) is 0 Å². The number of carbonyl (C=O) groups is 2. The third kappa shape index (κ3) is 4.55. The van der Waals surface area contributed by atoms with Crippen molar-refractivity contribution in [3.8, 4) is 17.1 Å². The fraction of sp³-hybridized carbons (Fsp3) is 0.273. The molecular formula is C22H20FN3O5. The van der Waals surface area contributed by atoms with Crippen molar-refractivity contribution < 1.29 is 28.3 Å². The van der Waals surface area contributed by atoms with E-state index < -0.39 is 23.4 Å². The lowest BCUT2D eigenvalue weighted by Crippen LogP contribution is -2.41. The van der Waals surface area contributed by atoms with Crippen LogP contribution in [0.2, 0.25) is 0 Å². The molecule has 1 amide bonds. The number of amides is 1. The Kier molecular flexibility index (Phi) is 5.92. The molecular weight excluding hydrogens is 405 g/mol. The molecule has 0 aliphatic carbocycles. The number of para-hydroxylation sites is 1. The summed E-state index contributed by atoms with van der Waals surface area (Å²) in [5, 5.41) is 12.9. The van der Waals surface area contributed by atoms with Gasteiger partial charge in [-0.1, -0.05) is 23.4 Å². The summed E-state index contributed by atoms with van der Waals surface area (Å²) >= 11 is 0. The summed E-state index contributed by atoms with van der Waals surface area (Å²) in [6.07, 6.45) is 2.41. The Labute approximate surface area is 177 Å². The summed E-state index contributed by atoms with van der Waals surface area (Å²) in [7, 11) is 0. The van der Waals surface area contributed by atoms with Gasteiger partial charge in [0.2, 0.25) is 11.7 Å². The molecule has 1 fully saturated rings. The molecule has 0 unspecified atom stereocenters. The van der Waals surface area contributed by atoms with Gasteiger partial charge in [-0.25, -0.2) is 9.18 Å². The monoisotopic (exact) mass is 425 g/mol. The molecule has 0 radical (unpaired) electrons. The number of piperidine rings is 1. The molecule has 1 aliphatic rings. The lowest BCUT2D eigenvalue weighted by molar-refractivity contribution is -0.138. The number of carboxylic acid groups (broad SMARTS) is 1. The number of nitrogens with zero attached hydrogens (tertiary/aromatic N) is 3. The highest BCUT2D eigenvalue weighted by molar-refractivity contribution is 5.88. The summed E-state index contributed by atoms with van der Waals surface area (Å²) in [4.78, 5) is 29.8. The summed E-state index contributed by atoms with van der Waals surface area (Å²) in [6.45, 7) is 0.435. The van der Waals surface area contributed by atoms with Crippen LogP contribution in [0.4, 0.5) is 4.39 Å². The van der Waals surface area contributed by atoms with Gasteiger partial charge in [0.05, 0.1) is 5.56 Å². The van der Waals surface area contributed by atoms with Crippen LogP contribution in [0.3, 0.4) is 0 Å². The number of benzene rings is 2. The summed E-state index contributed by atoms with van der Waals surface area (Å²) in [5.41, 5.74) is -0.145. The molecule has 0 bridgehead atoms. The Bertz CT molecular complexity index is 1090. The molecule has 1 atom stereocenters. The maximum absolute atomic E-state index is 14.0. The second kappa shape index (κ2) is 8.95. The molecule has 1 aliphatic heterocycles. The van der Waals surface area contributed by atoms with Crippen molar-refractivity contribution in [1.29, 1.82) is 0 Å². The third-order valence-electron chi connectivity index (χ3n) is 5.11. The van der Waals surface area contributed by atoms with Gasteiger partial charge in [-0.3, -0.25) is 4.79 Å². The van der Waals surface area contributed by atoms with Gasteiger partial charge in [0.1, 0.15) is 17.6 Å². The number of carboxylic acids is 1. The predicted molar refractivity (Wildman–Crippen MR) is 107 cm³/mol. The van der Waals surface area contributed by atoms with Gasteiger partial charge in [0, 0.05) is 12.1 Å². The Morgan fingerprint density at radius 3 is 2.74 bits per heavy atom. The van der Waals surface area contributed by atoms with E-state index in [4.69, 9.17) is 14.4 Å². The van der Waals surface area contributed by atoms with Crippen molar-refractivity contribution in [2.75, 3.05) is 13.2 Å². The molecule has 1 aromatic heterocycles. The lowest BCUT2D eigenvalue weighted by atomic mass is 10.0. The van der Waals surface area contributed by atoms with Crippen molar-refractivity contribution in [2.24, 2.45) is 0 Å². The van der Waals surface area contributed by atoms with Crippen molar-refractivity contribution in [3.05, 3.63) is 65.8 Å². The van der Waals surface area contributed by atoms with E-state index in [1.165, 1.54) is 6.07 Å². The van der Waals surface area contributed by atoms with Gasteiger partial charge >= 0.3 is 5.97 Å². The first-order valence-corrected chi connectivity index (χ1v) is 9.87. The van der Waals surface area contributed by atoms with Crippen LogP contribution in [0.15, 0.2) is 53.1 Å². The fourth-order valence-electron chi connectivity index (χ4n) is 3.55.